The number of nitrogens with zero attached hydrogens (tertiary/aromatic N) is 2. The maximum absolute atomic E-state index is 2.63. The first-order valence-electron chi connectivity index (χ1n) is 8.41. The third-order valence-electron chi connectivity index (χ3n) is 5.83. The maximum Gasteiger partial charge on any atom is 0.0510 e. The quantitative estimate of drug-likeness (QED) is 0.722. The van der Waals surface area contributed by atoms with E-state index in [1.807, 2.05) is 0 Å². The molecule has 2 aliphatic heterocycles. The molecule has 2 nitrogen and oxygen atoms in total. The van der Waals surface area contributed by atoms with E-state index < -0.39 is 0 Å². The molecular formula is C20H22N2. The molecule has 2 atom stereocenters. The highest BCUT2D eigenvalue weighted by molar-refractivity contribution is 5.69. The van der Waals surface area contributed by atoms with E-state index in [-0.39, 0.29) is 0 Å². The van der Waals surface area contributed by atoms with Crippen LogP contribution in [0.5, 0.6) is 0 Å². The molecule has 0 spiro atoms. The second-order valence-corrected chi connectivity index (χ2v) is 7.17. The van der Waals surface area contributed by atoms with E-state index in [1.165, 1.54) is 23.2 Å². The lowest BCUT2D eigenvalue weighted by Gasteiger charge is -2.41. The van der Waals surface area contributed by atoms with Crippen molar-refractivity contribution in [3.8, 4) is 0 Å². The average Bonchev–Trinajstić information content (AvgIpc) is 2.83. The van der Waals surface area contributed by atoms with Crippen molar-refractivity contribution in [3.63, 3.8) is 0 Å². The molecule has 0 amide bonds. The lowest BCUT2D eigenvalue weighted by molar-refractivity contribution is 0.244. The summed E-state index contributed by atoms with van der Waals surface area (Å²) in [4.78, 5) is 5.19. The van der Waals surface area contributed by atoms with Gasteiger partial charge in [-0.05, 0) is 49.6 Å². The molecule has 0 saturated carbocycles. The molecule has 0 unspecified atom stereocenters. The van der Waals surface area contributed by atoms with Crippen molar-refractivity contribution in [2.45, 2.75) is 25.8 Å². The lowest BCUT2D eigenvalue weighted by Crippen LogP contribution is -2.48. The Morgan fingerprint density at radius 2 is 2.09 bits per heavy atom. The summed E-state index contributed by atoms with van der Waals surface area (Å²) >= 11 is 0. The van der Waals surface area contributed by atoms with E-state index in [1.54, 1.807) is 16.8 Å². The summed E-state index contributed by atoms with van der Waals surface area (Å²) in [6.45, 7) is 4.48. The highest BCUT2D eigenvalue weighted by atomic mass is 15.3. The second-order valence-electron chi connectivity index (χ2n) is 7.17. The lowest BCUT2D eigenvalue weighted by atomic mass is 9.87. The van der Waals surface area contributed by atoms with Crippen LogP contribution >= 0.6 is 0 Å². The third-order valence-corrected chi connectivity index (χ3v) is 5.83. The molecule has 5 rings (SSSR count). The molecular weight excluding hydrogens is 268 g/mol. The minimum Gasteiger partial charge on any atom is -0.342 e. The second kappa shape index (κ2) is 4.36. The van der Waals surface area contributed by atoms with Gasteiger partial charge in [0.05, 0.1) is 6.04 Å². The maximum atomic E-state index is 2.63. The number of piperazine rings is 1. The predicted molar refractivity (Wildman–Crippen MR) is 91.0 cm³/mol. The molecule has 2 heteroatoms. The van der Waals surface area contributed by atoms with Crippen LogP contribution in [0.3, 0.4) is 0 Å². The molecule has 1 fully saturated rings. The van der Waals surface area contributed by atoms with Crippen LogP contribution in [0.25, 0.3) is 0 Å². The normalized spacial score (nSPS) is 29.2. The predicted octanol–water partition coefficient (Wildman–Crippen LogP) is 3.44. The van der Waals surface area contributed by atoms with Crippen LogP contribution in [0.15, 0.2) is 53.3 Å². The molecule has 22 heavy (non-hydrogen) atoms. The van der Waals surface area contributed by atoms with Gasteiger partial charge in [0.15, 0.2) is 0 Å². The summed E-state index contributed by atoms with van der Waals surface area (Å²) in [5, 5.41) is 0. The number of anilines is 1. The Balaban J connectivity index is 1.77. The van der Waals surface area contributed by atoms with Crippen LogP contribution < -0.4 is 4.90 Å². The monoisotopic (exact) mass is 290 g/mol. The molecule has 0 bridgehead atoms. The van der Waals surface area contributed by atoms with Crippen LogP contribution in [-0.2, 0) is 6.42 Å². The zero-order valence-corrected chi connectivity index (χ0v) is 13.3. The molecule has 0 aromatic heterocycles. The fourth-order valence-electron chi connectivity index (χ4n) is 4.79. The molecule has 2 aliphatic carbocycles. The fraction of sp³-hybridized carbons (Fsp3) is 0.400. The molecule has 1 saturated heterocycles. The number of benzene rings is 1. The van der Waals surface area contributed by atoms with Gasteiger partial charge in [0.1, 0.15) is 0 Å². The first kappa shape index (κ1) is 12.7. The Hall–Kier alpha value is -1.80. The first-order chi connectivity index (χ1) is 10.7. The first-order valence-corrected chi connectivity index (χ1v) is 8.41. The van der Waals surface area contributed by atoms with Gasteiger partial charge in [-0.2, -0.15) is 0 Å². The minimum atomic E-state index is 0.590. The molecule has 4 aliphatic rings. The molecule has 1 aromatic carbocycles. The van der Waals surface area contributed by atoms with Gasteiger partial charge >= 0.3 is 0 Å². The van der Waals surface area contributed by atoms with Gasteiger partial charge in [-0.3, -0.25) is 4.90 Å². The van der Waals surface area contributed by atoms with Crippen LogP contribution in [-0.4, -0.2) is 31.1 Å². The zero-order chi connectivity index (χ0) is 14.8. The van der Waals surface area contributed by atoms with Crippen molar-refractivity contribution >= 4 is 5.69 Å². The number of hydrogen-bond donors (Lipinski definition) is 0. The van der Waals surface area contributed by atoms with E-state index in [4.69, 9.17) is 0 Å². The number of likely N-dealkylation sites (N-methyl/N-ethyl adjacent to an activating group) is 1. The summed E-state index contributed by atoms with van der Waals surface area (Å²) in [7, 11) is 2.29. The Labute approximate surface area is 132 Å². The summed E-state index contributed by atoms with van der Waals surface area (Å²) in [6, 6.07) is 7.59. The largest absolute Gasteiger partial charge is 0.342 e. The summed E-state index contributed by atoms with van der Waals surface area (Å²) in [5.41, 5.74) is 9.09. The van der Waals surface area contributed by atoms with Gasteiger partial charge < -0.3 is 4.90 Å². The standard InChI is InChI=1S/C20H22N2/c1-13-6-7-17-16(10-13)11-14-4-3-5-15-12-18-20(19(14)15)22(17)9-8-21(18)2/h3-7,10,15,18H,8-9,11-12H2,1-2H3/t15-,18-/m1/s1. The number of hydrogen-bond acceptors (Lipinski definition) is 2. The summed E-state index contributed by atoms with van der Waals surface area (Å²) in [6.07, 6.45) is 9.39. The van der Waals surface area contributed by atoms with E-state index in [0.717, 1.165) is 19.5 Å². The topological polar surface area (TPSA) is 6.48 Å². The summed E-state index contributed by atoms with van der Waals surface area (Å²) in [5.74, 6) is 0.624. The van der Waals surface area contributed by atoms with E-state index in [9.17, 15) is 0 Å². The molecule has 112 valence electrons. The van der Waals surface area contributed by atoms with Crippen LogP contribution in [0.4, 0.5) is 5.69 Å². The highest BCUT2D eigenvalue weighted by Crippen LogP contribution is 2.49. The Kier molecular flexibility index (Phi) is 2.52. The molecule has 1 aromatic rings. The SMILES string of the molecule is Cc1ccc2c(c1)CC1=CC=C[C@@H]3C[C@@H]4C(=C13)N2CCN4C. The Morgan fingerprint density at radius 3 is 3.00 bits per heavy atom. The number of allylic oxidation sites excluding steroid dienone is 5. The minimum absolute atomic E-state index is 0.590. The van der Waals surface area contributed by atoms with Crippen molar-refractivity contribution in [3.05, 3.63) is 64.4 Å². The van der Waals surface area contributed by atoms with Crippen molar-refractivity contribution in [1.82, 2.24) is 4.90 Å². The van der Waals surface area contributed by atoms with Crippen LogP contribution in [0.2, 0.25) is 0 Å². The van der Waals surface area contributed by atoms with E-state index in [2.05, 4.69) is 60.2 Å². The Bertz CT molecular complexity index is 753. The molecule has 0 N–H and O–H groups in total. The summed E-state index contributed by atoms with van der Waals surface area (Å²) < 4.78 is 0. The molecule has 2 heterocycles. The van der Waals surface area contributed by atoms with Gasteiger partial charge in [0, 0.05) is 30.4 Å². The average molecular weight is 290 g/mol. The van der Waals surface area contributed by atoms with Gasteiger partial charge in [-0.1, -0.05) is 35.9 Å². The van der Waals surface area contributed by atoms with Crippen molar-refractivity contribution in [2.24, 2.45) is 5.92 Å². The van der Waals surface area contributed by atoms with Crippen molar-refractivity contribution < 1.29 is 0 Å². The van der Waals surface area contributed by atoms with Gasteiger partial charge in [-0.15, -0.1) is 0 Å². The smallest absolute Gasteiger partial charge is 0.0510 e. The van der Waals surface area contributed by atoms with Gasteiger partial charge in [-0.25, -0.2) is 0 Å². The number of rotatable bonds is 0. The zero-order valence-electron chi connectivity index (χ0n) is 13.3. The number of fused-ring (bicyclic) bond motifs is 2. The van der Waals surface area contributed by atoms with Crippen molar-refractivity contribution in [1.29, 1.82) is 0 Å². The highest BCUT2D eigenvalue weighted by Gasteiger charge is 2.43. The van der Waals surface area contributed by atoms with Gasteiger partial charge in [0.2, 0.25) is 0 Å². The van der Waals surface area contributed by atoms with Gasteiger partial charge in [0.25, 0.3) is 0 Å². The van der Waals surface area contributed by atoms with Crippen molar-refractivity contribution in [2.75, 3.05) is 25.0 Å². The fourth-order valence-corrected chi connectivity index (χ4v) is 4.79. The van der Waals surface area contributed by atoms with Crippen LogP contribution in [0.1, 0.15) is 17.5 Å². The molecule has 0 radical (unpaired) electrons. The van der Waals surface area contributed by atoms with E-state index >= 15 is 0 Å². The number of aryl methyl sites for hydroxylation is 1. The third kappa shape index (κ3) is 1.59. The Morgan fingerprint density at radius 1 is 1.18 bits per heavy atom. The van der Waals surface area contributed by atoms with Crippen LogP contribution in [0, 0.1) is 12.8 Å². The van der Waals surface area contributed by atoms with E-state index in [0.29, 0.717) is 12.0 Å².